The molecule has 0 spiro atoms. The summed E-state index contributed by atoms with van der Waals surface area (Å²) in [5.74, 6) is -2.01. The first-order chi connectivity index (χ1) is 9.56. The molecular weight excluding hydrogens is 263 g/mol. The molecule has 20 heavy (non-hydrogen) atoms. The van der Waals surface area contributed by atoms with E-state index in [2.05, 4.69) is 10.3 Å². The van der Waals surface area contributed by atoms with Gasteiger partial charge in [0.1, 0.15) is 5.82 Å². The van der Waals surface area contributed by atoms with Crippen LogP contribution in [0.25, 0.3) is 0 Å². The van der Waals surface area contributed by atoms with Gasteiger partial charge < -0.3 is 10.4 Å². The molecule has 0 radical (unpaired) electrons. The summed E-state index contributed by atoms with van der Waals surface area (Å²) < 4.78 is 13.0. The van der Waals surface area contributed by atoms with Crippen LogP contribution < -0.4 is 5.32 Å². The van der Waals surface area contributed by atoms with E-state index in [-0.39, 0.29) is 17.7 Å². The van der Waals surface area contributed by atoms with Crippen LogP contribution in [-0.4, -0.2) is 22.0 Å². The number of aromatic nitrogens is 1. The summed E-state index contributed by atoms with van der Waals surface area (Å²) in [4.78, 5) is 26.5. The fourth-order valence-corrected chi connectivity index (χ4v) is 1.61. The van der Waals surface area contributed by atoms with Gasteiger partial charge in [0, 0.05) is 11.8 Å². The number of carbonyl (C=O) groups is 2. The molecule has 0 bridgehead atoms. The van der Waals surface area contributed by atoms with Crippen LogP contribution in [0.1, 0.15) is 26.4 Å². The van der Waals surface area contributed by atoms with Gasteiger partial charge in [0.15, 0.2) is 0 Å². The Bertz CT molecular complexity index is 658. The third kappa shape index (κ3) is 3.38. The number of rotatable bonds is 4. The molecular formula is C14H11FN2O3. The second-order valence-electron chi connectivity index (χ2n) is 4.03. The lowest BCUT2D eigenvalue weighted by molar-refractivity contribution is 0.0696. The number of hydrogen-bond acceptors (Lipinski definition) is 3. The van der Waals surface area contributed by atoms with Gasteiger partial charge in [0.25, 0.3) is 5.91 Å². The zero-order chi connectivity index (χ0) is 14.5. The Morgan fingerprint density at radius 1 is 1.20 bits per heavy atom. The van der Waals surface area contributed by atoms with E-state index in [0.29, 0.717) is 5.69 Å². The van der Waals surface area contributed by atoms with E-state index < -0.39 is 17.7 Å². The third-order valence-corrected chi connectivity index (χ3v) is 2.58. The molecule has 0 saturated carbocycles. The van der Waals surface area contributed by atoms with E-state index in [1.807, 2.05) is 0 Å². The number of halogens is 1. The van der Waals surface area contributed by atoms with Crippen LogP contribution in [0.15, 0.2) is 42.6 Å². The van der Waals surface area contributed by atoms with E-state index in [0.717, 1.165) is 6.07 Å². The van der Waals surface area contributed by atoms with Crippen LogP contribution in [0, 0.1) is 5.82 Å². The average molecular weight is 274 g/mol. The van der Waals surface area contributed by atoms with Crippen LogP contribution in [-0.2, 0) is 6.54 Å². The SMILES string of the molecule is O=C(O)c1ccnc(CNC(=O)c2cccc(F)c2)c1. The predicted octanol–water partition coefficient (Wildman–Crippen LogP) is 1.85. The van der Waals surface area contributed by atoms with Crippen LogP contribution in [0.5, 0.6) is 0 Å². The summed E-state index contributed by atoms with van der Waals surface area (Å²) in [6.07, 6.45) is 1.35. The summed E-state index contributed by atoms with van der Waals surface area (Å²) >= 11 is 0. The van der Waals surface area contributed by atoms with Crippen molar-refractivity contribution in [3.63, 3.8) is 0 Å². The van der Waals surface area contributed by atoms with Gasteiger partial charge in [-0.05, 0) is 30.3 Å². The summed E-state index contributed by atoms with van der Waals surface area (Å²) in [7, 11) is 0. The highest BCUT2D eigenvalue weighted by Crippen LogP contribution is 2.05. The molecule has 1 aromatic heterocycles. The van der Waals surface area contributed by atoms with Crippen molar-refractivity contribution in [2.75, 3.05) is 0 Å². The molecule has 1 amide bonds. The van der Waals surface area contributed by atoms with Crippen LogP contribution >= 0.6 is 0 Å². The second kappa shape index (κ2) is 5.92. The number of carboxylic acid groups (broad SMARTS) is 1. The molecule has 0 unspecified atom stereocenters. The zero-order valence-electron chi connectivity index (χ0n) is 10.3. The lowest BCUT2D eigenvalue weighted by Crippen LogP contribution is -2.23. The average Bonchev–Trinajstić information content (AvgIpc) is 2.45. The Morgan fingerprint density at radius 3 is 2.70 bits per heavy atom. The summed E-state index contributed by atoms with van der Waals surface area (Å²) in [5, 5.41) is 11.4. The van der Waals surface area contributed by atoms with E-state index in [1.165, 1.54) is 36.5 Å². The summed E-state index contributed by atoms with van der Waals surface area (Å²) in [6, 6.07) is 8.02. The lowest BCUT2D eigenvalue weighted by atomic mass is 10.2. The molecule has 2 N–H and O–H groups in total. The number of pyridine rings is 1. The van der Waals surface area contributed by atoms with Gasteiger partial charge in [0.2, 0.25) is 0 Å². The number of carbonyl (C=O) groups excluding carboxylic acids is 1. The maximum atomic E-state index is 13.0. The fourth-order valence-electron chi connectivity index (χ4n) is 1.61. The Balaban J connectivity index is 2.03. The molecule has 0 saturated heterocycles. The van der Waals surface area contributed by atoms with Crippen molar-refractivity contribution in [1.82, 2.24) is 10.3 Å². The molecule has 0 fully saturated rings. The van der Waals surface area contributed by atoms with Crippen molar-refractivity contribution < 1.29 is 19.1 Å². The quantitative estimate of drug-likeness (QED) is 0.891. The first kappa shape index (κ1) is 13.7. The number of benzene rings is 1. The van der Waals surface area contributed by atoms with Gasteiger partial charge in [-0.3, -0.25) is 9.78 Å². The van der Waals surface area contributed by atoms with Crippen LogP contribution in [0.3, 0.4) is 0 Å². The number of nitrogens with zero attached hydrogens (tertiary/aromatic N) is 1. The number of hydrogen-bond donors (Lipinski definition) is 2. The van der Waals surface area contributed by atoms with Crippen LogP contribution in [0.2, 0.25) is 0 Å². The van der Waals surface area contributed by atoms with E-state index in [4.69, 9.17) is 5.11 Å². The van der Waals surface area contributed by atoms with E-state index in [9.17, 15) is 14.0 Å². The molecule has 1 heterocycles. The van der Waals surface area contributed by atoms with Gasteiger partial charge >= 0.3 is 5.97 Å². The molecule has 0 aliphatic heterocycles. The molecule has 2 aromatic rings. The fraction of sp³-hybridized carbons (Fsp3) is 0.0714. The molecule has 102 valence electrons. The number of nitrogens with one attached hydrogen (secondary N) is 1. The third-order valence-electron chi connectivity index (χ3n) is 2.58. The van der Waals surface area contributed by atoms with Gasteiger partial charge in [-0.1, -0.05) is 6.07 Å². The maximum absolute atomic E-state index is 13.0. The van der Waals surface area contributed by atoms with Crippen molar-refractivity contribution >= 4 is 11.9 Å². The van der Waals surface area contributed by atoms with E-state index >= 15 is 0 Å². The van der Waals surface area contributed by atoms with Crippen molar-refractivity contribution in [2.45, 2.75) is 6.54 Å². The summed E-state index contributed by atoms with van der Waals surface area (Å²) in [6.45, 7) is 0.0659. The molecule has 0 aliphatic carbocycles. The summed E-state index contributed by atoms with van der Waals surface area (Å²) in [5.41, 5.74) is 0.698. The monoisotopic (exact) mass is 274 g/mol. The molecule has 0 aliphatic rings. The minimum Gasteiger partial charge on any atom is -0.478 e. The largest absolute Gasteiger partial charge is 0.478 e. The second-order valence-corrected chi connectivity index (χ2v) is 4.03. The minimum atomic E-state index is -1.06. The van der Waals surface area contributed by atoms with E-state index in [1.54, 1.807) is 0 Å². The number of amides is 1. The molecule has 6 heteroatoms. The van der Waals surface area contributed by atoms with Crippen molar-refractivity contribution in [2.24, 2.45) is 0 Å². The zero-order valence-corrected chi connectivity index (χ0v) is 10.3. The van der Waals surface area contributed by atoms with Gasteiger partial charge in [-0.25, -0.2) is 9.18 Å². The lowest BCUT2D eigenvalue weighted by Gasteiger charge is -2.05. The molecule has 0 atom stereocenters. The Labute approximate surface area is 114 Å². The van der Waals surface area contributed by atoms with Gasteiger partial charge in [-0.2, -0.15) is 0 Å². The van der Waals surface area contributed by atoms with Crippen molar-refractivity contribution in [3.05, 3.63) is 65.2 Å². The maximum Gasteiger partial charge on any atom is 0.335 e. The highest BCUT2D eigenvalue weighted by atomic mass is 19.1. The normalized spacial score (nSPS) is 10.1. The standard InChI is InChI=1S/C14H11FN2O3/c15-11-3-1-2-9(6-11)13(18)17-8-12-7-10(14(19)20)4-5-16-12/h1-7H,8H2,(H,17,18)(H,19,20). The highest BCUT2D eigenvalue weighted by Gasteiger charge is 2.08. The Hall–Kier alpha value is -2.76. The number of aromatic carboxylic acids is 1. The van der Waals surface area contributed by atoms with Gasteiger partial charge in [-0.15, -0.1) is 0 Å². The first-order valence-electron chi connectivity index (χ1n) is 5.78. The highest BCUT2D eigenvalue weighted by molar-refractivity contribution is 5.94. The van der Waals surface area contributed by atoms with Crippen LogP contribution in [0.4, 0.5) is 4.39 Å². The molecule has 5 nitrogen and oxygen atoms in total. The smallest absolute Gasteiger partial charge is 0.335 e. The Morgan fingerprint density at radius 2 is 2.00 bits per heavy atom. The molecule has 1 aromatic carbocycles. The first-order valence-corrected chi connectivity index (χ1v) is 5.78. The predicted molar refractivity (Wildman–Crippen MR) is 68.8 cm³/mol. The number of carboxylic acids is 1. The minimum absolute atomic E-state index is 0.0659. The van der Waals surface area contributed by atoms with Gasteiger partial charge in [0.05, 0.1) is 17.8 Å². The molecule has 2 rings (SSSR count). The topological polar surface area (TPSA) is 79.3 Å². The Kier molecular flexibility index (Phi) is 4.05. The van der Waals surface area contributed by atoms with Crippen molar-refractivity contribution in [3.8, 4) is 0 Å². The van der Waals surface area contributed by atoms with Crippen molar-refractivity contribution in [1.29, 1.82) is 0 Å².